The summed E-state index contributed by atoms with van der Waals surface area (Å²) in [4.78, 5) is 0. The van der Waals surface area contributed by atoms with E-state index in [-0.39, 0.29) is 5.38 Å². The monoisotopic (exact) mass is 318 g/mol. The van der Waals surface area contributed by atoms with Crippen LogP contribution >= 0.6 is 27.5 Å². The zero-order valence-electron chi connectivity index (χ0n) is 10.2. The van der Waals surface area contributed by atoms with Gasteiger partial charge in [0.2, 0.25) is 0 Å². The van der Waals surface area contributed by atoms with Gasteiger partial charge in [-0.05, 0) is 30.4 Å². The summed E-state index contributed by atoms with van der Waals surface area (Å²) in [5.74, 6) is 2.00. The summed E-state index contributed by atoms with van der Waals surface area (Å²) in [7, 11) is 3.31. The molecule has 0 saturated carbocycles. The summed E-state index contributed by atoms with van der Waals surface area (Å²) in [6, 6.07) is 1.96. The van der Waals surface area contributed by atoms with Crippen molar-refractivity contribution in [1.29, 1.82) is 0 Å². The van der Waals surface area contributed by atoms with Crippen molar-refractivity contribution in [2.45, 2.75) is 31.1 Å². The van der Waals surface area contributed by atoms with Crippen LogP contribution in [0.3, 0.4) is 0 Å². The first kappa shape index (κ1) is 13.0. The maximum absolute atomic E-state index is 6.44. The minimum atomic E-state index is 0.00236. The van der Waals surface area contributed by atoms with Crippen molar-refractivity contribution in [1.82, 2.24) is 0 Å². The SMILES string of the molecule is COc1cc(Br)c2c(c1OC)C(Cl)CCC2C. The Labute approximate surface area is 115 Å². The van der Waals surface area contributed by atoms with Crippen molar-refractivity contribution >= 4 is 27.5 Å². The lowest BCUT2D eigenvalue weighted by atomic mass is 9.83. The summed E-state index contributed by atoms with van der Waals surface area (Å²) in [6.45, 7) is 2.22. The standard InChI is InChI=1S/C13H16BrClO2/c1-7-4-5-9(15)12-11(7)8(14)6-10(16-2)13(12)17-3/h6-7,9H,4-5H2,1-3H3. The highest BCUT2D eigenvalue weighted by Gasteiger charge is 2.30. The first-order valence-corrected chi connectivity index (χ1v) is 6.91. The van der Waals surface area contributed by atoms with Gasteiger partial charge in [-0.15, -0.1) is 11.6 Å². The van der Waals surface area contributed by atoms with E-state index < -0.39 is 0 Å². The van der Waals surface area contributed by atoms with Gasteiger partial charge in [-0.3, -0.25) is 0 Å². The zero-order chi connectivity index (χ0) is 12.6. The van der Waals surface area contributed by atoms with Crippen LogP contribution < -0.4 is 9.47 Å². The summed E-state index contributed by atoms with van der Waals surface area (Å²) < 4.78 is 11.9. The molecule has 94 valence electrons. The Hall–Kier alpha value is -0.410. The molecular weight excluding hydrogens is 303 g/mol. The number of alkyl halides is 1. The Morgan fingerprint density at radius 2 is 1.94 bits per heavy atom. The summed E-state index contributed by atoms with van der Waals surface area (Å²) >= 11 is 10.1. The van der Waals surface area contributed by atoms with Gasteiger partial charge in [-0.1, -0.05) is 22.9 Å². The average molecular weight is 320 g/mol. The van der Waals surface area contributed by atoms with Gasteiger partial charge in [-0.25, -0.2) is 0 Å². The van der Waals surface area contributed by atoms with Crippen molar-refractivity contribution in [2.24, 2.45) is 0 Å². The molecule has 0 N–H and O–H groups in total. The number of rotatable bonds is 2. The molecule has 2 nitrogen and oxygen atoms in total. The number of fused-ring (bicyclic) bond motifs is 1. The molecule has 0 saturated heterocycles. The number of benzene rings is 1. The third kappa shape index (κ3) is 2.15. The molecule has 0 fully saturated rings. The maximum Gasteiger partial charge on any atom is 0.165 e. The Morgan fingerprint density at radius 3 is 2.53 bits per heavy atom. The van der Waals surface area contributed by atoms with Crippen molar-refractivity contribution < 1.29 is 9.47 Å². The highest BCUT2D eigenvalue weighted by atomic mass is 79.9. The van der Waals surface area contributed by atoms with Crippen LogP contribution in [-0.2, 0) is 0 Å². The number of hydrogen-bond donors (Lipinski definition) is 0. The van der Waals surface area contributed by atoms with Gasteiger partial charge in [-0.2, -0.15) is 0 Å². The second-order valence-electron chi connectivity index (χ2n) is 4.37. The molecule has 1 aliphatic carbocycles. The number of ether oxygens (including phenoxy) is 2. The molecule has 4 heteroatoms. The van der Waals surface area contributed by atoms with Crippen LogP contribution in [0.15, 0.2) is 10.5 Å². The first-order valence-electron chi connectivity index (χ1n) is 5.68. The molecule has 1 aromatic carbocycles. The highest BCUT2D eigenvalue weighted by Crippen LogP contribution is 2.51. The molecule has 2 rings (SSSR count). The zero-order valence-corrected chi connectivity index (χ0v) is 12.6. The lowest BCUT2D eigenvalue weighted by Gasteiger charge is -2.29. The van der Waals surface area contributed by atoms with Gasteiger partial charge >= 0.3 is 0 Å². The van der Waals surface area contributed by atoms with E-state index in [1.165, 1.54) is 5.56 Å². The molecule has 0 spiro atoms. The average Bonchev–Trinajstić information content (AvgIpc) is 2.32. The fourth-order valence-corrected chi connectivity index (χ4v) is 3.66. The molecule has 0 bridgehead atoms. The van der Waals surface area contributed by atoms with Gasteiger partial charge in [0, 0.05) is 10.0 Å². The van der Waals surface area contributed by atoms with Gasteiger partial charge in [0.15, 0.2) is 11.5 Å². The normalized spacial score (nSPS) is 23.1. The fraction of sp³-hybridized carbons (Fsp3) is 0.538. The van der Waals surface area contributed by atoms with E-state index in [4.69, 9.17) is 21.1 Å². The molecule has 1 aromatic rings. The van der Waals surface area contributed by atoms with E-state index >= 15 is 0 Å². The molecule has 0 aromatic heterocycles. The quantitative estimate of drug-likeness (QED) is 0.739. The number of halogens is 2. The summed E-state index contributed by atoms with van der Waals surface area (Å²) in [6.07, 6.45) is 2.08. The van der Waals surface area contributed by atoms with Gasteiger partial charge in [0.25, 0.3) is 0 Å². The Balaban J connectivity index is 2.70. The van der Waals surface area contributed by atoms with Gasteiger partial charge in [0.05, 0.1) is 19.6 Å². The largest absolute Gasteiger partial charge is 0.493 e. The van der Waals surface area contributed by atoms with Crippen LogP contribution in [0.4, 0.5) is 0 Å². The first-order chi connectivity index (χ1) is 8.10. The topological polar surface area (TPSA) is 18.5 Å². The van der Waals surface area contributed by atoms with Crippen molar-refractivity contribution in [3.8, 4) is 11.5 Å². The Morgan fingerprint density at radius 1 is 1.24 bits per heavy atom. The van der Waals surface area contributed by atoms with E-state index in [9.17, 15) is 0 Å². The minimum absolute atomic E-state index is 0.00236. The fourth-order valence-electron chi connectivity index (χ4n) is 2.50. The van der Waals surface area contributed by atoms with Crippen LogP contribution in [0.2, 0.25) is 0 Å². The third-order valence-electron chi connectivity index (χ3n) is 3.36. The van der Waals surface area contributed by atoms with E-state index in [1.54, 1.807) is 14.2 Å². The molecule has 1 aliphatic rings. The minimum Gasteiger partial charge on any atom is -0.493 e. The molecule has 0 amide bonds. The number of methoxy groups -OCH3 is 2. The summed E-state index contributed by atoms with van der Waals surface area (Å²) in [5.41, 5.74) is 2.34. The van der Waals surface area contributed by atoms with E-state index in [0.717, 1.165) is 34.4 Å². The molecular formula is C13H16BrClO2. The van der Waals surface area contributed by atoms with Gasteiger partial charge in [0.1, 0.15) is 0 Å². The molecule has 0 heterocycles. The Kier molecular flexibility index (Phi) is 3.88. The predicted octanol–water partition coefficient (Wildman–Crippen LogP) is 4.64. The van der Waals surface area contributed by atoms with Crippen molar-refractivity contribution in [2.75, 3.05) is 14.2 Å². The molecule has 0 radical (unpaired) electrons. The van der Waals surface area contributed by atoms with Crippen LogP contribution in [0.25, 0.3) is 0 Å². The lowest BCUT2D eigenvalue weighted by molar-refractivity contribution is 0.347. The van der Waals surface area contributed by atoms with Gasteiger partial charge < -0.3 is 9.47 Å². The summed E-state index contributed by atoms with van der Waals surface area (Å²) in [5, 5.41) is 0.00236. The van der Waals surface area contributed by atoms with Crippen LogP contribution in [0.5, 0.6) is 11.5 Å². The molecule has 2 unspecified atom stereocenters. The van der Waals surface area contributed by atoms with Crippen LogP contribution in [0.1, 0.15) is 42.2 Å². The lowest BCUT2D eigenvalue weighted by Crippen LogP contribution is -2.12. The highest BCUT2D eigenvalue weighted by molar-refractivity contribution is 9.10. The maximum atomic E-state index is 6.44. The van der Waals surface area contributed by atoms with Crippen molar-refractivity contribution in [3.63, 3.8) is 0 Å². The smallest absolute Gasteiger partial charge is 0.165 e. The second kappa shape index (κ2) is 5.07. The van der Waals surface area contributed by atoms with E-state index in [1.807, 2.05) is 6.07 Å². The third-order valence-corrected chi connectivity index (χ3v) is 4.45. The molecule has 2 atom stereocenters. The molecule has 17 heavy (non-hydrogen) atoms. The second-order valence-corrected chi connectivity index (χ2v) is 5.75. The van der Waals surface area contributed by atoms with E-state index in [2.05, 4.69) is 22.9 Å². The number of hydrogen-bond acceptors (Lipinski definition) is 2. The van der Waals surface area contributed by atoms with Crippen LogP contribution in [-0.4, -0.2) is 14.2 Å². The van der Waals surface area contributed by atoms with E-state index in [0.29, 0.717) is 5.92 Å². The van der Waals surface area contributed by atoms with Crippen molar-refractivity contribution in [3.05, 3.63) is 21.7 Å². The molecule has 0 aliphatic heterocycles. The van der Waals surface area contributed by atoms with Crippen LogP contribution in [0, 0.1) is 0 Å². The predicted molar refractivity (Wildman–Crippen MR) is 73.5 cm³/mol. The Bertz CT molecular complexity index is 434.